The Morgan fingerprint density at radius 3 is 2.35 bits per heavy atom. The minimum Gasteiger partial charge on any atom is -0.456 e. The molecule has 3 heteroatoms. The van der Waals surface area contributed by atoms with Crippen LogP contribution in [0.1, 0.15) is 10.4 Å². The molecular formula is C17H15NO2. The molecule has 0 saturated heterocycles. The first kappa shape index (κ1) is 12.5. The predicted octanol–water partition coefficient (Wildman–Crippen LogP) is 3.80. The lowest BCUT2D eigenvalue weighted by Gasteiger charge is -2.10. The molecule has 1 amide bonds. The highest BCUT2D eigenvalue weighted by Gasteiger charge is 2.09. The summed E-state index contributed by atoms with van der Waals surface area (Å²) in [5.74, 6) is 0.816. The first-order chi connectivity index (χ1) is 9.65. The third kappa shape index (κ3) is 2.18. The minimum absolute atomic E-state index is 0.00107. The molecule has 0 radical (unpaired) electrons. The van der Waals surface area contributed by atoms with Crippen molar-refractivity contribution in [3.63, 3.8) is 0 Å². The van der Waals surface area contributed by atoms with Gasteiger partial charge in [-0.1, -0.05) is 30.3 Å². The maximum absolute atomic E-state index is 11.8. The van der Waals surface area contributed by atoms with Gasteiger partial charge in [-0.25, -0.2) is 0 Å². The van der Waals surface area contributed by atoms with Gasteiger partial charge in [-0.3, -0.25) is 4.79 Å². The maximum Gasteiger partial charge on any atom is 0.253 e. The van der Waals surface area contributed by atoms with E-state index in [0.29, 0.717) is 5.56 Å². The van der Waals surface area contributed by atoms with E-state index < -0.39 is 0 Å². The Hall–Kier alpha value is -2.55. The van der Waals surface area contributed by atoms with Crippen LogP contribution in [0.4, 0.5) is 0 Å². The van der Waals surface area contributed by atoms with Crippen molar-refractivity contribution in [1.29, 1.82) is 0 Å². The number of para-hydroxylation sites is 1. The third-order valence-electron chi connectivity index (χ3n) is 3.25. The minimum atomic E-state index is 0.00107. The molecule has 3 rings (SSSR count). The van der Waals surface area contributed by atoms with E-state index in [1.54, 1.807) is 19.0 Å². The van der Waals surface area contributed by atoms with Crippen LogP contribution in [-0.2, 0) is 0 Å². The van der Waals surface area contributed by atoms with E-state index in [4.69, 9.17) is 4.42 Å². The lowest BCUT2D eigenvalue weighted by molar-refractivity contribution is 0.0827. The first-order valence-corrected chi connectivity index (χ1v) is 6.46. The van der Waals surface area contributed by atoms with Crippen molar-refractivity contribution >= 4 is 16.9 Å². The van der Waals surface area contributed by atoms with E-state index >= 15 is 0 Å². The summed E-state index contributed by atoms with van der Waals surface area (Å²) in [5, 5.41) is 1.08. The van der Waals surface area contributed by atoms with Crippen LogP contribution < -0.4 is 0 Å². The van der Waals surface area contributed by atoms with Crippen LogP contribution in [0, 0.1) is 0 Å². The summed E-state index contributed by atoms with van der Waals surface area (Å²) in [7, 11) is 3.49. The summed E-state index contributed by atoms with van der Waals surface area (Å²) >= 11 is 0. The van der Waals surface area contributed by atoms with Crippen molar-refractivity contribution in [2.75, 3.05) is 14.1 Å². The van der Waals surface area contributed by atoms with E-state index in [9.17, 15) is 4.79 Å². The second kappa shape index (κ2) is 4.85. The second-order valence-electron chi connectivity index (χ2n) is 4.93. The fraction of sp³-hybridized carbons (Fsp3) is 0.118. The fourth-order valence-corrected chi connectivity index (χ4v) is 2.16. The molecule has 3 aromatic rings. The average molecular weight is 265 g/mol. The van der Waals surface area contributed by atoms with Gasteiger partial charge in [-0.05, 0) is 24.3 Å². The molecule has 0 bridgehead atoms. The summed E-state index contributed by atoms with van der Waals surface area (Å²) in [5.41, 5.74) is 2.52. The standard InChI is InChI=1S/C17H15NO2/c1-18(2)17(19)13-9-7-12(8-10-13)16-11-14-5-3-4-6-15(14)20-16/h3-11H,1-2H3. The number of furan rings is 1. The largest absolute Gasteiger partial charge is 0.456 e. The number of nitrogens with zero attached hydrogens (tertiary/aromatic N) is 1. The summed E-state index contributed by atoms with van der Waals surface area (Å²) in [6.07, 6.45) is 0. The molecule has 100 valence electrons. The van der Waals surface area contributed by atoms with Gasteiger partial charge in [0.2, 0.25) is 0 Å². The molecule has 0 aliphatic carbocycles. The number of amides is 1. The van der Waals surface area contributed by atoms with Crippen LogP contribution >= 0.6 is 0 Å². The smallest absolute Gasteiger partial charge is 0.253 e. The summed E-state index contributed by atoms with van der Waals surface area (Å²) in [6.45, 7) is 0. The zero-order valence-corrected chi connectivity index (χ0v) is 11.5. The zero-order chi connectivity index (χ0) is 14.1. The molecule has 3 nitrogen and oxygen atoms in total. The van der Waals surface area contributed by atoms with Gasteiger partial charge in [0.15, 0.2) is 0 Å². The van der Waals surface area contributed by atoms with E-state index in [2.05, 4.69) is 0 Å². The van der Waals surface area contributed by atoms with E-state index in [1.807, 2.05) is 54.6 Å². The van der Waals surface area contributed by atoms with Crippen LogP contribution in [0.2, 0.25) is 0 Å². The zero-order valence-electron chi connectivity index (χ0n) is 11.5. The topological polar surface area (TPSA) is 33.5 Å². The Morgan fingerprint density at radius 2 is 1.70 bits per heavy atom. The Balaban J connectivity index is 1.96. The Kier molecular flexibility index (Phi) is 3.03. The third-order valence-corrected chi connectivity index (χ3v) is 3.25. The van der Waals surface area contributed by atoms with Crippen LogP contribution in [0.5, 0.6) is 0 Å². The lowest BCUT2D eigenvalue weighted by atomic mass is 10.1. The van der Waals surface area contributed by atoms with E-state index in [-0.39, 0.29) is 5.91 Å². The van der Waals surface area contributed by atoms with Gasteiger partial charge in [-0.15, -0.1) is 0 Å². The highest BCUT2D eigenvalue weighted by Crippen LogP contribution is 2.27. The van der Waals surface area contributed by atoms with Gasteiger partial charge in [0, 0.05) is 30.6 Å². The molecule has 0 saturated carbocycles. The number of fused-ring (bicyclic) bond motifs is 1. The Labute approximate surface area is 117 Å². The molecule has 0 fully saturated rings. The van der Waals surface area contributed by atoms with Crippen LogP contribution in [0.15, 0.2) is 59.0 Å². The predicted molar refractivity (Wildman–Crippen MR) is 79.7 cm³/mol. The highest BCUT2D eigenvalue weighted by atomic mass is 16.3. The first-order valence-electron chi connectivity index (χ1n) is 6.46. The van der Waals surface area contributed by atoms with Gasteiger partial charge in [0.25, 0.3) is 5.91 Å². The molecule has 1 aromatic heterocycles. The Bertz CT molecular complexity index is 721. The normalized spacial score (nSPS) is 10.7. The van der Waals surface area contributed by atoms with Gasteiger partial charge in [0.05, 0.1) is 0 Å². The number of hydrogen-bond acceptors (Lipinski definition) is 2. The van der Waals surface area contributed by atoms with Gasteiger partial charge < -0.3 is 9.32 Å². The number of rotatable bonds is 2. The molecule has 0 unspecified atom stereocenters. The van der Waals surface area contributed by atoms with Crippen molar-refractivity contribution in [3.05, 3.63) is 60.2 Å². The van der Waals surface area contributed by atoms with Gasteiger partial charge in [0.1, 0.15) is 11.3 Å². The summed E-state index contributed by atoms with van der Waals surface area (Å²) in [4.78, 5) is 13.4. The molecule has 20 heavy (non-hydrogen) atoms. The quantitative estimate of drug-likeness (QED) is 0.706. The molecule has 0 atom stereocenters. The number of carbonyl (C=O) groups is 1. The van der Waals surface area contributed by atoms with Crippen molar-refractivity contribution in [2.24, 2.45) is 0 Å². The van der Waals surface area contributed by atoms with Crippen molar-refractivity contribution < 1.29 is 9.21 Å². The number of hydrogen-bond donors (Lipinski definition) is 0. The molecule has 1 heterocycles. The van der Waals surface area contributed by atoms with E-state index in [1.165, 1.54) is 0 Å². The van der Waals surface area contributed by atoms with Gasteiger partial charge in [-0.2, -0.15) is 0 Å². The molecule has 0 spiro atoms. The van der Waals surface area contributed by atoms with Crippen LogP contribution in [0.25, 0.3) is 22.3 Å². The lowest BCUT2D eigenvalue weighted by Crippen LogP contribution is -2.21. The average Bonchev–Trinajstić information content (AvgIpc) is 2.90. The monoisotopic (exact) mass is 265 g/mol. The molecule has 0 N–H and O–H groups in total. The van der Waals surface area contributed by atoms with Crippen LogP contribution in [0.3, 0.4) is 0 Å². The molecule has 0 aliphatic heterocycles. The fourth-order valence-electron chi connectivity index (χ4n) is 2.16. The van der Waals surface area contributed by atoms with Crippen LogP contribution in [-0.4, -0.2) is 24.9 Å². The molecular weight excluding hydrogens is 250 g/mol. The highest BCUT2D eigenvalue weighted by molar-refractivity contribution is 5.94. The second-order valence-corrected chi connectivity index (χ2v) is 4.93. The number of benzene rings is 2. The number of carbonyl (C=O) groups excluding carboxylic acids is 1. The van der Waals surface area contributed by atoms with Crippen molar-refractivity contribution in [2.45, 2.75) is 0 Å². The molecule has 2 aromatic carbocycles. The Morgan fingerprint density at radius 1 is 1.00 bits per heavy atom. The SMILES string of the molecule is CN(C)C(=O)c1ccc(-c2cc3ccccc3o2)cc1. The van der Waals surface area contributed by atoms with Crippen molar-refractivity contribution in [1.82, 2.24) is 4.90 Å². The van der Waals surface area contributed by atoms with Gasteiger partial charge >= 0.3 is 0 Å². The van der Waals surface area contributed by atoms with E-state index in [0.717, 1.165) is 22.3 Å². The molecule has 0 aliphatic rings. The van der Waals surface area contributed by atoms with Crippen molar-refractivity contribution in [3.8, 4) is 11.3 Å². The summed E-state index contributed by atoms with van der Waals surface area (Å²) in [6, 6.07) is 17.4. The maximum atomic E-state index is 11.8. The summed E-state index contributed by atoms with van der Waals surface area (Å²) < 4.78 is 5.81.